The number of carbonyl (C=O) groups excluding carboxylic acids is 1. The lowest BCUT2D eigenvalue weighted by Crippen LogP contribution is -2.26. The number of amides is 1. The third kappa shape index (κ3) is 4.96. The van der Waals surface area contributed by atoms with Crippen molar-refractivity contribution in [2.45, 2.75) is 30.4 Å². The molecule has 0 saturated carbocycles. The molecule has 34 heavy (non-hydrogen) atoms. The summed E-state index contributed by atoms with van der Waals surface area (Å²) in [6, 6.07) is 14.8. The Labute approximate surface area is 196 Å². The van der Waals surface area contributed by atoms with Crippen molar-refractivity contribution < 1.29 is 18.0 Å². The summed E-state index contributed by atoms with van der Waals surface area (Å²) in [4.78, 5) is 34.9. The zero-order valence-corrected chi connectivity index (χ0v) is 18.9. The number of hydrogen-bond acceptors (Lipinski definition) is 5. The number of carbonyl (C=O) groups is 1. The van der Waals surface area contributed by atoms with Crippen LogP contribution in [0.5, 0.6) is 0 Å². The molecule has 2 aromatic carbocycles. The van der Waals surface area contributed by atoms with Crippen LogP contribution in [-0.2, 0) is 11.0 Å². The maximum absolute atomic E-state index is 13.3. The molecule has 0 aliphatic carbocycles. The third-order valence-corrected chi connectivity index (χ3v) is 6.04. The molecule has 0 radical (unpaired) electrons. The number of alkyl halides is 3. The Morgan fingerprint density at radius 2 is 1.85 bits per heavy atom. The molecule has 0 aliphatic rings. The first kappa shape index (κ1) is 23.5. The van der Waals surface area contributed by atoms with Gasteiger partial charge in [0.25, 0.3) is 5.56 Å². The Bertz CT molecular complexity index is 1440. The van der Waals surface area contributed by atoms with E-state index >= 15 is 0 Å². The van der Waals surface area contributed by atoms with Crippen LogP contribution in [0.1, 0.15) is 18.1 Å². The summed E-state index contributed by atoms with van der Waals surface area (Å²) in [6.45, 7) is 3.45. The summed E-state index contributed by atoms with van der Waals surface area (Å²) < 4.78 is 40.3. The molecule has 0 bridgehead atoms. The van der Waals surface area contributed by atoms with Crippen LogP contribution in [0.15, 0.2) is 76.8 Å². The number of anilines is 1. The van der Waals surface area contributed by atoms with Gasteiger partial charge in [-0.05, 0) is 61.9 Å². The van der Waals surface area contributed by atoms with Gasteiger partial charge in [0.15, 0.2) is 5.16 Å². The first-order valence-electron chi connectivity index (χ1n) is 10.2. The van der Waals surface area contributed by atoms with E-state index in [0.717, 1.165) is 29.5 Å². The SMILES string of the molecule is Cc1ccnc(-n2c(SC(C)C(=O)Nc3cccc(C(F)(F)F)c3)nc3ccccc3c2=O)c1. The van der Waals surface area contributed by atoms with Gasteiger partial charge in [0, 0.05) is 11.9 Å². The summed E-state index contributed by atoms with van der Waals surface area (Å²) in [5.74, 6) is -0.174. The fraction of sp³-hybridized carbons (Fsp3) is 0.167. The number of fused-ring (bicyclic) bond motifs is 1. The van der Waals surface area contributed by atoms with Gasteiger partial charge in [-0.3, -0.25) is 9.59 Å². The molecule has 2 heterocycles. The lowest BCUT2D eigenvalue weighted by Gasteiger charge is -2.16. The van der Waals surface area contributed by atoms with Gasteiger partial charge in [-0.25, -0.2) is 14.5 Å². The van der Waals surface area contributed by atoms with E-state index in [-0.39, 0.29) is 16.4 Å². The summed E-state index contributed by atoms with van der Waals surface area (Å²) in [5.41, 5.74) is 0.176. The highest BCUT2D eigenvalue weighted by Crippen LogP contribution is 2.31. The van der Waals surface area contributed by atoms with Crippen molar-refractivity contribution in [2.24, 2.45) is 0 Å². The number of nitrogens with zero attached hydrogens (tertiary/aromatic N) is 3. The Balaban J connectivity index is 1.68. The van der Waals surface area contributed by atoms with E-state index in [1.807, 2.05) is 6.92 Å². The number of para-hydroxylation sites is 1. The van der Waals surface area contributed by atoms with Crippen molar-refractivity contribution in [3.8, 4) is 5.82 Å². The monoisotopic (exact) mass is 484 g/mol. The quantitative estimate of drug-likeness (QED) is 0.310. The molecule has 6 nitrogen and oxygen atoms in total. The summed E-state index contributed by atoms with van der Waals surface area (Å²) >= 11 is 1.01. The minimum atomic E-state index is -4.52. The van der Waals surface area contributed by atoms with E-state index in [1.54, 1.807) is 49.5 Å². The second kappa shape index (κ2) is 9.30. The van der Waals surface area contributed by atoms with Crippen molar-refractivity contribution in [3.05, 3.63) is 88.3 Å². The van der Waals surface area contributed by atoms with Crippen LogP contribution in [0, 0.1) is 6.92 Å². The van der Waals surface area contributed by atoms with Crippen molar-refractivity contribution >= 4 is 34.3 Å². The number of thioether (sulfide) groups is 1. The standard InChI is InChI=1S/C24H19F3N4O2S/c1-14-10-11-28-20(12-14)31-22(33)18-8-3-4-9-19(18)30-23(31)34-15(2)21(32)29-17-7-5-6-16(13-17)24(25,26)27/h3-13,15H,1-2H3,(H,29,32). The molecule has 0 aliphatic heterocycles. The van der Waals surface area contributed by atoms with Crippen LogP contribution < -0.4 is 10.9 Å². The molecule has 2 aromatic heterocycles. The largest absolute Gasteiger partial charge is 0.416 e. The first-order chi connectivity index (χ1) is 16.1. The number of rotatable bonds is 5. The van der Waals surface area contributed by atoms with Gasteiger partial charge in [-0.2, -0.15) is 13.2 Å². The predicted molar refractivity (Wildman–Crippen MR) is 125 cm³/mol. The van der Waals surface area contributed by atoms with Gasteiger partial charge in [-0.15, -0.1) is 0 Å². The Kier molecular flexibility index (Phi) is 6.43. The number of halogens is 3. The number of pyridine rings is 1. The summed E-state index contributed by atoms with van der Waals surface area (Å²) in [7, 11) is 0. The summed E-state index contributed by atoms with van der Waals surface area (Å²) in [6.07, 6.45) is -2.95. The minimum Gasteiger partial charge on any atom is -0.325 e. The predicted octanol–water partition coefficient (Wildman–Crippen LogP) is 5.23. The molecule has 1 atom stereocenters. The smallest absolute Gasteiger partial charge is 0.325 e. The molecule has 1 unspecified atom stereocenters. The van der Waals surface area contributed by atoms with Crippen molar-refractivity contribution in [1.82, 2.24) is 14.5 Å². The average molecular weight is 485 g/mol. The molecule has 1 N–H and O–H groups in total. The molecular formula is C24H19F3N4O2S. The highest BCUT2D eigenvalue weighted by atomic mass is 32.2. The summed E-state index contributed by atoms with van der Waals surface area (Å²) in [5, 5.41) is 2.37. The van der Waals surface area contributed by atoms with Crippen LogP contribution in [0.3, 0.4) is 0 Å². The maximum atomic E-state index is 13.3. The van der Waals surface area contributed by atoms with E-state index in [0.29, 0.717) is 16.7 Å². The van der Waals surface area contributed by atoms with Crippen LogP contribution >= 0.6 is 11.8 Å². The van der Waals surface area contributed by atoms with E-state index in [4.69, 9.17) is 0 Å². The molecule has 4 rings (SSSR count). The van der Waals surface area contributed by atoms with Crippen molar-refractivity contribution in [2.75, 3.05) is 5.32 Å². The number of benzene rings is 2. The van der Waals surface area contributed by atoms with Gasteiger partial charge in [0.05, 0.1) is 21.7 Å². The fourth-order valence-electron chi connectivity index (χ4n) is 3.26. The van der Waals surface area contributed by atoms with Crippen molar-refractivity contribution in [1.29, 1.82) is 0 Å². The zero-order chi connectivity index (χ0) is 24.5. The van der Waals surface area contributed by atoms with Gasteiger partial charge in [0.1, 0.15) is 5.82 Å². The normalized spacial score (nSPS) is 12.5. The van der Waals surface area contributed by atoms with Crippen LogP contribution in [0.2, 0.25) is 0 Å². The molecule has 174 valence electrons. The van der Waals surface area contributed by atoms with Crippen LogP contribution in [-0.4, -0.2) is 25.7 Å². The fourth-order valence-corrected chi connectivity index (χ4v) is 4.18. The first-order valence-corrected chi connectivity index (χ1v) is 11.1. The number of aryl methyl sites for hydroxylation is 1. The molecule has 10 heteroatoms. The molecular weight excluding hydrogens is 465 g/mol. The van der Waals surface area contributed by atoms with E-state index in [1.165, 1.54) is 16.7 Å². The molecule has 1 amide bonds. The second-order valence-corrected chi connectivity index (χ2v) is 8.88. The van der Waals surface area contributed by atoms with E-state index in [2.05, 4.69) is 15.3 Å². The highest BCUT2D eigenvalue weighted by Gasteiger charge is 2.30. The number of hydrogen-bond donors (Lipinski definition) is 1. The highest BCUT2D eigenvalue weighted by molar-refractivity contribution is 8.00. The zero-order valence-electron chi connectivity index (χ0n) is 18.1. The molecule has 0 spiro atoms. The van der Waals surface area contributed by atoms with Gasteiger partial charge in [0.2, 0.25) is 5.91 Å². The number of aromatic nitrogens is 3. The van der Waals surface area contributed by atoms with E-state index in [9.17, 15) is 22.8 Å². The Morgan fingerprint density at radius 3 is 2.59 bits per heavy atom. The lowest BCUT2D eigenvalue weighted by atomic mass is 10.2. The van der Waals surface area contributed by atoms with E-state index < -0.39 is 22.9 Å². The molecule has 0 saturated heterocycles. The topological polar surface area (TPSA) is 76.9 Å². The van der Waals surface area contributed by atoms with Crippen molar-refractivity contribution in [3.63, 3.8) is 0 Å². The second-order valence-electron chi connectivity index (χ2n) is 7.57. The molecule has 4 aromatic rings. The van der Waals surface area contributed by atoms with Crippen LogP contribution in [0.4, 0.5) is 18.9 Å². The van der Waals surface area contributed by atoms with Gasteiger partial charge >= 0.3 is 6.18 Å². The van der Waals surface area contributed by atoms with Gasteiger partial charge < -0.3 is 5.32 Å². The number of nitrogens with one attached hydrogen (secondary N) is 1. The van der Waals surface area contributed by atoms with Gasteiger partial charge in [-0.1, -0.05) is 30.0 Å². The minimum absolute atomic E-state index is 0.0245. The molecule has 0 fully saturated rings. The lowest BCUT2D eigenvalue weighted by molar-refractivity contribution is -0.137. The van der Waals surface area contributed by atoms with Crippen LogP contribution in [0.25, 0.3) is 16.7 Å². The average Bonchev–Trinajstić information content (AvgIpc) is 2.79. The third-order valence-electron chi connectivity index (χ3n) is 4.98. The maximum Gasteiger partial charge on any atom is 0.416 e. The Hall–Kier alpha value is -3.66. The Morgan fingerprint density at radius 1 is 1.09 bits per heavy atom.